The van der Waals surface area contributed by atoms with E-state index in [1.54, 1.807) is 0 Å². The predicted molar refractivity (Wildman–Crippen MR) is 61.6 cm³/mol. The van der Waals surface area contributed by atoms with Gasteiger partial charge >= 0.3 is 0 Å². The number of aryl methyl sites for hydroxylation is 1. The summed E-state index contributed by atoms with van der Waals surface area (Å²) in [6.07, 6.45) is 0. The lowest BCUT2D eigenvalue weighted by molar-refractivity contribution is 0.273. The van der Waals surface area contributed by atoms with Crippen molar-refractivity contribution in [1.29, 1.82) is 0 Å². The highest BCUT2D eigenvalue weighted by atomic mass is 79.9. The number of aliphatic hydroxyl groups is 1. The Hall–Kier alpha value is -0.510. The molecule has 0 spiro atoms. The quantitative estimate of drug-likeness (QED) is 0.849. The molecular formula is C10H9BrClNO. The van der Waals surface area contributed by atoms with Crippen LogP contribution >= 0.6 is 27.5 Å². The highest BCUT2D eigenvalue weighted by Gasteiger charge is 2.12. The van der Waals surface area contributed by atoms with Crippen LogP contribution in [0, 0.1) is 0 Å². The molecule has 0 fully saturated rings. The molecule has 2 nitrogen and oxygen atoms in total. The summed E-state index contributed by atoms with van der Waals surface area (Å²) in [5.41, 5.74) is 1.77. The number of fused-ring (bicyclic) bond motifs is 1. The SMILES string of the molecule is Cn1c(CO)c(Cl)c2ccc(Br)cc21. The van der Waals surface area contributed by atoms with E-state index in [9.17, 15) is 0 Å². The van der Waals surface area contributed by atoms with Gasteiger partial charge < -0.3 is 9.67 Å². The minimum Gasteiger partial charge on any atom is -0.390 e. The second-order valence-corrected chi connectivity index (χ2v) is 4.43. The maximum atomic E-state index is 9.15. The Bertz CT molecular complexity index is 492. The smallest absolute Gasteiger partial charge is 0.0848 e. The Morgan fingerprint density at radius 3 is 2.86 bits per heavy atom. The predicted octanol–water partition coefficient (Wildman–Crippen LogP) is 3.09. The molecule has 0 bridgehead atoms. The Morgan fingerprint density at radius 2 is 2.21 bits per heavy atom. The number of halogens is 2. The molecule has 0 amide bonds. The third kappa shape index (κ3) is 1.36. The first kappa shape index (κ1) is 10.0. The Morgan fingerprint density at radius 1 is 1.50 bits per heavy atom. The number of nitrogens with zero attached hydrogens (tertiary/aromatic N) is 1. The van der Waals surface area contributed by atoms with E-state index in [0.717, 1.165) is 21.1 Å². The van der Waals surface area contributed by atoms with Crippen molar-refractivity contribution in [3.8, 4) is 0 Å². The number of aromatic nitrogens is 1. The van der Waals surface area contributed by atoms with Gasteiger partial charge in [0.1, 0.15) is 0 Å². The van der Waals surface area contributed by atoms with E-state index in [2.05, 4.69) is 15.9 Å². The molecule has 0 aliphatic heterocycles. The first-order chi connectivity index (χ1) is 6.65. The van der Waals surface area contributed by atoms with Crippen LogP contribution in [-0.2, 0) is 13.7 Å². The fraction of sp³-hybridized carbons (Fsp3) is 0.200. The summed E-state index contributed by atoms with van der Waals surface area (Å²) in [5.74, 6) is 0. The number of hydrogen-bond donors (Lipinski definition) is 1. The number of rotatable bonds is 1. The standard InChI is InChI=1S/C10H9BrClNO/c1-13-8-4-6(11)2-3-7(8)10(12)9(13)5-14/h2-4,14H,5H2,1H3. The highest BCUT2D eigenvalue weighted by molar-refractivity contribution is 9.10. The van der Waals surface area contributed by atoms with Gasteiger partial charge in [-0.1, -0.05) is 33.6 Å². The molecule has 0 aliphatic carbocycles. The average Bonchev–Trinajstić information content (AvgIpc) is 2.39. The Kier molecular flexibility index (Phi) is 2.56. The lowest BCUT2D eigenvalue weighted by atomic mass is 10.2. The van der Waals surface area contributed by atoms with Crippen LogP contribution in [0.4, 0.5) is 0 Å². The number of benzene rings is 1. The van der Waals surface area contributed by atoms with Gasteiger partial charge in [-0.15, -0.1) is 0 Å². The zero-order valence-corrected chi connectivity index (χ0v) is 9.93. The van der Waals surface area contributed by atoms with E-state index in [-0.39, 0.29) is 6.61 Å². The van der Waals surface area contributed by atoms with Gasteiger partial charge in [-0.2, -0.15) is 0 Å². The molecule has 74 valence electrons. The van der Waals surface area contributed by atoms with E-state index in [1.165, 1.54) is 0 Å². The van der Waals surface area contributed by atoms with E-state index < -0.39 is 0 Å². The van der Waals surface area contributed by atoms with Crippen molar-refractivity contribution in [2.45, 2.75) is 6.61 Å². The van der Waals surface area contributed by atoms with Crippen molar-refractivity contribution in [2.75, 3.05) is 0 Å². The third-order valence-corrected chi connectivity index (χ3v) is 3.28. The summed E-state index contributed by atoms with van der Waals surface area (Å²) in [6, 6.07) is 5.87. The molecule has 2 aromatic rings. The summed E-state index contributed by atoms with van der Waals surface area (Å²) < 4.78 is 2.91. The minimum atomic E-state index is -0.0400. The molecule has 1 heterocycles. The summed E-state index contributed by atoms with van der Waals surface area (Å²) >= 11 is 9.52. The third-order valence-electron chi connectivity index (χ3n) is 2.37. The molecule has 1 aromatic carbocycles. The van der Waals surface area contributed by atoms with Gasteiger partial charge in [0, 0.05) is 16.9 Å². The topological polar surface area (TPSA) is 25.2 Å². The van der Waals surface area contributed by atoms with Crippen LogP contribution in [0.1, 0.15) is 5.69 Å². The molecule has 4 heteroatoms. The van der Waals surface area contributed by atoms with Crippen LogP contribution in [0.5, 0.6) is 0 Å². The van der Waals surface area contributed by atoms with Gasteiger partial charge in [-0.05, 0) is 12.1 Å². The fourth-order valence-corrected chi connectivity index (χ4v) is 2.29. The summed E-state index contributed by atoms with van der Waals surface area (Å²) in [6.45, 7) is -0.0400. The molecule has 0 saturated heterocycles. The van der Waals surface area contributed by atoms with E-state index in [1.807, 2.05) is 29.8 Å². The molecule has 14 heavy (non-hydrogen) atoms. The fourth-order valence-electron chi connectivity index (χ4n) is 1.59. The maximum absolute atomic E-state index is 9.15. The van der Waals surface area contributed by atoms with Crippen LogP contribution < -0.4 is 0 Å². The zero-order valence-electron chi connectivity index (χ0n) is 7.59. The Balaban J connectivity index is 2.87. The monoisotopic (exact) mass is 273 g/mol. The highest BCUT2D eigenvalue weighted by Crippen LogP contribution is 2.31. The lowest BCUT2D eigenvalue weighted by Gasteiger charge is -2.00. The summed E-state index contributed by atoms with van der Waals surface area (Å²) in [4.78, 5) is 0. The molecule has 2 rings (SSSR count). The van der Waals surface area contributed by atoms with Crippen molar-refractivity contribution in [1.82, 2.24) is 4.57 Å². The lowest BCUT2D eigenvalue weighted by Crippen LogP contribution is -1.95. The Labute approximate surface area is 95.2 Å². The van der Waals surface area contributed by atoms with Gasteiger partial charge in [0.05, 0.1) is 22.8 Å². The summed E-state index contributed by atoms with van der Waals surface area (Å²) in [7, 11) is 1.90. The molecule has 0 saturated carbocycles. The molecule has 0 atom stereocenters. The van der Waals surface area contributed by atoms with E-state index in [4.69, 9.17) is 16.7 Å². The molecule has 1 aromatic heterocycles. The zero-order chi connectivity index (χ0) is 10.3. The van der Waals surface area contributed by atoms with Crippen molar-refractivity contribution in [2.24, 2.45) is 7.05 Å². The van der Waals surface area contributed by atoms with Gasteiger partial charge in [-0.25, -0.2) is 0 Å². The van der Waals surface area contributed by atoms with E-state index >= 15 is 0 Å². The first-order valence-electron chi connectivity index (χ1n) is 4.18. The van der Waals surface area contributed by atoms with Crippen molar-refractivity contribution >= 4 is 38.4 Å². The van der Waals surface area contributed by atoms with E-state index in [0.29, 0.717) is 5.02 Å². The second kappa shape index (κ2) is 3.57. The molecular weight excluding hydrogens is 265 g/mol. The molecule has 0 unspecified atom stereocenters. The number of aliphatic hydroxyl groups excluding tert-OH is 1. The van der Waals surface area contributed by atoms with Crippen molar-refractivity contribution < 1.29 is 5.11 Å². The van der Waals surface area contributed by atoms with Crippen LogP contribution in [0.2, 0.25) is 5.02 Å². The van der Waals surface area contributed by atoms with Gasteiger partial charge in [0.25, 0.3) is 0 Å². The minimum absolute atomic E-state index is 0.0400. The molecule has 0 aliphatic rings. The van der Waals surface area contributed by atoms with Gasteiger partial charge in [0.15, 0.2) is 0 Å². The van der Waals surface area contributed by atoms with Crippen LogP contribution in [-0.4, -0.2) is 9.67 Å². The average molecular weight is 275 g/mol. The van der Waals surface area contributed by atoms with Crippen LogP contribution in [0.3, 0.4) is 0 Å². The van der Waals surface area contributed by atoms with Crippen molar-refractivity contribution in [3.63, 3.8) is 0 Å². The van der Waals surface area contributed by atoms with Crippen molar-refractivity contribution in [3.05, 3.63) is 33.4 Å². The maximum Gasteiger partial charge on any atom is 0.0848 e. The van der Waals surface area contributed by atoms with Gasteiger partial charge in [-0.3, -0.25) is 0 Å². The molecule has 0 radical (unpaired) electrons. The number of hydrogen-bond acceptors (Lipinski definition) is 1. The second-order valence-electron chi connectivity index (χ2n) is 3.14. The van der Waals surface area contributed by atoms with Gasteiger partial charge in [0.2, 0.25) is 0 Å². The normalized spacial score (nSPS) is 11.1. The largest absolute Gasteiger partial charge is 0.390 e. The summed E-state index contributed by atoms with van der Waals surface area (Å²) in [5, 5.41) is 10.8. The van der Waals surface area contributed by atoms with Crippen LogP contribution in [0.25, 0.3) is 10.9 Å². The van der Waals surface area contributed by atoms with Crippen LogP contribution in [0.15, 0.2) is 22.7 Å². The first-order valence-corrected chi connectivity index (χ1v) is 5.35. The molecule has 1 N–H and O–H groups in total.